The van der Waals surface area contributed by atoms with Gasteiger partial charge in [-0.3, -0.25) is 4.79 Å². The third kappa shape index (κ3) is 4.42. The van der Waals surface area contributed by atoms with Gasteiger partial charge in [0.05, 0.1) is 11.9 Å². The number of anilines is 1. The molecule has 0 atom stereocenters. The Balaban J connectivity index is 1.91. The Morgan fingerprint density at radius 3 is 2.62 bits per heavy atom. The average Bonchev–Trinajstić information content (AvgIpc) is 2.52. The average molecular weight is 285 g/mol. The first kappa shape index (κ1) is 14.7. The number of carbonyl (C=O) groups excluding carboxylic acids is 1. The van der Waals surface area contributed by atoms with Crippen LogP contribution in [0.15, 0.2) is 55.3 Å². The normalized spacial score (nSPS) is 9.95. The molecule has 108 valence electrons. The number of hydrogen-bond donors (Lipinski definition) is 2. The number of rotatable bonds is 6. The number of nitrogens with zero attached hydrogens (tertiary/aromatic N) is 1. The highest BCUT2D eigenvalue weighted by atomic mass is 19.1. The number of nitrogens with one attached hydrogen (secondary N) is 2. The molecule has 0 bridgehead atoms. The third-order valence-corrected chi connectivity index (χ3v) is 2.81. The van der Waals surface area contributed by atoms with Crippen molar-refractivity contribution in [3.63, 3.8) is 0 Å². The van der Waals surface area contributed by atoms with Crippen molar-refractivity contribution in [2.75, 3.05) is 11.9 Å². The first-order valence-corrected chi connectivity index (χ1v) is 6.52. The zero-order valence-corrected chi connectivity index (χ0v) is 11.5. The summed E-state index contributed by atoms with van der Waals surface area (Å²) in [7, 11) is 0. The zero-order valence-electron chi connectivity index (χ0n) is 11.5. The number of pyridine rings is 1. The van der Waals surface area contributed by atoms with Gasteiger partial charge in [-0.05, 0) is 29.8 Å². The largest absolute Gasteiger partial charge is 0.380 e. The first-order chi connectivity index (χ1) is 10.2. The Hall–Kier alpha value is -2.69. The molecule has 21 heavy (non-hydrogen) atoms. The van der Waals surface area contributed by atoms with Crippen LogP contribution in [0.2, 0.25) is 0 Å². The van der Waals surface area contributed by atoms with Gasteiger partial charge in [-0.1, -0.05) is 18.2 Å². The predicted molar refractivity (Wildman–Crippen MR) is 80.5 cm³/mol. The Bertz CT molecular complexity index is 608. The fourth-order valence-electron chi connectivity index (χ4n) is 1.69. The molecule has 0 aliphatic rings. The molecule has 1 aromatic heterocycles. The van der Waals surface area contributed by atoms with E-state index in [1.165, 1.54) is 12.1 Å². The lowest BCUT2D eigenvalue weighted by Crippen LogP contribution is -2.24. The van der Waals surface area contributed by atoms with Crippen LogP contribution in [0.25, 0.3) is 0 Å². The molecule has 0 aliphatic carbocycles. The van der Waals surface area contributed by atoms with E-state index in [4.69, 9.17) is 0 Å². The topological polar surface area (TPSA) is 54.0 Å². The van der Waals surface area contributed by atoms with Gasteiger partial charge in [0.1, 0.15) is 11.5 Å². The van der Waals surface area contributed by atoms with E-state index in [1.807, 2.05) is 0 Å². The molecule has 1 aromatic carbocycles. The molecule has 0 spiro atoms. The molecule has 0 saturated carbocycles. The van der Waals surface area contributed by atoms with Crippen molar-refractivity contribution in [1.29, 1.82) is 0 Å². The van der Waals surface area contributed by atoms with E-state index in [9.17, 15) is 9.18 Å². The molecule has 0 unspecified atom stereocenters. The number of halogens is 1. The van der Waals surface area contributed by atoms with Crippen LogP contribution < -0.4 is 10.6 Å². The van der Waals surface area contributed by atoms with Crippen molar-refractivity contribution in [2.24, 2.45) is 0 Å². The highest BCUT2D eigenvalue weighted by Gasteiger charge is 2.05. The minimum absolute atomic E-state index is 0.236. The lowest BCUT2D eigenvalue weighted by Gasteiger charge is -2.07. The highest BCUT2D eigenvalue weighted by Crippen LogP contribution is 2.09. The Morgan fingerprint density at radius 2 is 2.00 bits per heavy atom. The third-order valence-electron chi connectivity index (χ3n) is 2.81. The lowest BCUT2D eigenvalue weighted by atomic mass is 10.2. The molecule has 0 fully saturated rings. The maximum absolute atomic E-state index is 12.8. The van der Waals surface area contributed by atoms with E-state index >= 15 is 0 Å². The summed E-state index contributed by atoms with van der Waals surface area (Å²) in [6.07, 6.45) is 3.20. The fourth-order valence-corrected chi connectivity index (χ4v) is 1.69. The van der Waals surface area contributed by atoms with E-state index in [0.717, 1.165) is 11.3 Å². The van der Waals surface area contributed by atoms with E-state index in [2.05, 4.69) is 22.2 Å². The summed E-state index contributed by atoms with van der Waals surface area (Å²) in [4.78, 5) is 15.7. The monoisotopic (exact) mass is 285 g/mol. The van der Waals surface area contributed by atoms with Crippen molar-refractivity contribution < 1.29 is 9.18 Å². The Morgan fingerprint density at radius 1 is 1.24 bits per heavy atom. The summed E-state index contributed by atoms with van der Waals surface area (Å²) in [6, 6.07) is 9.69. The molecule has 1 heterocycles. The maximum Gasteiger partial charge on any atom is 0.270 e. The molecule has 1 amide bonds. The zero-order chi connectivity index (χ0) is 15.1. The van der Waals surface area contributed by atoms with Gasteiger partial charge in [0.2, 0.25) is 0 Å². The summed E-state index contributed by atoms with van der Waals surface area (Å²) in [6.45, 7) is 4.50. The molecule has 0 saturated heterocycles. The number of carbonyl (C=O) groups is 1. The van der Waals surface area contributed by atoms with Crippen LogP contribution in [0, 0.1) is 5.82 Å². The minimum Gasteiger partial charge on any atom is -0.380 e. The van der Waals surface area contributed by atoms with Crippen LogP contribution in [0.1, 0.15) is 16.1 Å². The van der Waals surface area contributed by atoms with E-state index < -0.39 is 0 Å². The molecule has 0 radical (unpaired) electrons. The number of amides is 1. The molecule has 2 aromatic rings. The van der Waals surface area contributed by atoms with Gasteiger partial charge in [0, 0.05) is 13.1 Å². The van der Waals surface area contributed by atoms with E-state index in [-0.39, 0.29) is 11.7 Å². The van der Waals surface area contributed by atoms with Gasteiger partial charge in [-0.25, -0.2) is 9.37 Å². The van der Waals surface area contributed by atoms with Gasteiger partial charge in [0.25, 0.3) is 5.91 Å². The molecular weight excluding hydrogens is 269 g/mol. The first-order valence-electron chi connectivity index (χ1n) is 6.52. The van der Waals surface area contributed by atoms with Crippen LogP contribution in [0.5, 0.6) is 0 Å². The summed E-state index contributed by atoms with van der Waals surface area (Å²) < 4.78 is 12.8. The standard InChI is InChI=1S/C16H16FN3O/c1-2-9-18-16(21)15-8-7-14(11-20-15)19-10-12-3-5-13(17)6-4-12/h2-8,11,19H,1,9-10H2,(H,18,21). The summed E-state index contributed by atoms with van der Waals surface area (Å²) in [5.41, 5.74) is 2.10. The van der Waals surface area contributed by atoms with Crippen LogP contribution in [0.3, 0.4) is 0 Å². The molecular formula is C16H16FN3O. The maximum atomic E-state index is 12.8. The Labute approximate surface area is 122 Å². The quantitative estimate of drug-likeness (QED) is 0.802. The molecule has 4 nitrogen and oxygen atoms in total. The van der Waals surface area contributed by atoms with Gasteiger partial charge in [0.15, 0.2) is 0 Å². The van der Waals surface area contributed by atoms with Crippen LogP contribution in [0.4, 0.5) is 10.1 Å². The summed E-state index contributed by atoms with van der Waals surface area (Å²) in [5, 5.41) is 5.81. The second-order valence-corrected chi connectivity index (χ2v) is 4.41. The molecule has 0 aliphatic heterocycles. The van der Waals surface area contributed by atoms with Crippen molar-refractivity contribution >= 4 is 11.6 Å². The molecule has 2 rings (SSSR count). The van der Waals surface area contributed by atoms with Gasteiger partial charge in [-0.2, -0.15) is 0 Å². The van der Waals surface area contributed by atoms with Crippen LogP contribution in [-0.2, 0) is 6.54 Å². The summed E-state index contributed by atoms with van der Waals surface area (Å²) in [5.74, 6) is -0.490. The van der Waals surface area contributed by atoms with Crippen LogP contribution >= 0.6 is 0 Å². The van der Waals surface area contributed by atoms with Crippen LogP contribution in [-0.4, -0.2) is 17.4 Å². The predicted octanol–water partition coefficient (Wildman–Crippen LogP) is 2.75. The van der Waals surface area contributed by atoms with Gasteiger partial charge in [-0.15, -0.1) is 6.58 Å². The number of hydrogen-bond acceptors (Lipinski definition) is 3. The van der Waals surface area contributed by atoms with Crippen molar-refractivity contribution in [2.45, 2.75) is 6.54 Å². The Kier molecular flexibility index (Phi) is 5.04. The molecule has 2 N–H and O–H groups in total. The highest BCUT2D eigenvalue weighted by molar-refractivity contribution is 5.92. The SMILES string of the molecule is C=CCNC(=O)c1ccc(NCc2ccc(F)cc2)cn1. The summed E-state index contributed by atoms with van der Waals surface area (Å²) >= 11 is 0. The number of benzene rings is 1. The van der Waals surface area contributed by atoms with Crippen molar-refractivity contribution in [3.05, 3.63) is 72.3 Å². The number of aromatic nitrogens is 1. The lowest BCUT2D eigenvalue weighted by molar-refractivity contribution is 0.0953. The van der Waals surface area contributed by atoms with E-state index in [0.29, 0.717) is 18.8 Å². The van der Waals surface area contributed by atoms with Crippen molar-refractivity contribution in [1.82, 2.24) is 10.3 Å². The van der Waals surface area contributed by atoms with Crippen molar-refractivity contribution in [3.8, 4) is 0 Å². The van der Waals surface area contributed by atoms with E-state index in [1.54, 1.807) is 36.5 Å². The van der Waals surface area contributed by atoms with Gasteiger partial charge >= 0.3 is 0 Å². The fraction of sp³-hybridized carbons (Fsp3) is 0.125. The van der Waals surface area contributed by atoms with Gasteiger partial charge < -0.3 is 10.6 Å². The smallest absolute Gasteiger partial charge is 0.270 e. The second kappa shape index (κ2) is 7.19. The second-order valence-electron chi connectivity index (χ2n) is 4.41. The molecule has 5 heteroatoms. The minimum atomic E-state index is -0.254.